The van der Waals surface area contributed by atoms with E-state index in [1.807, 2.05) is 25.1 Å². The normalized spacial score (nSPS) is 17.7. The van der Waals surface area contributed by atoms with Crippen LogP contribution in [0.15, 0.2) is 36.8 Å². The number of hydrogen-bond donors (Lipinski definition) is 1. The molecule has 1 saturated heterocycles. The highest BCUT2D eigenvalue weighted by Crippen LogP contribution is 2.28. The summed E-state index contributed by atoms with van der Waals surface area (Å²) in [4.78, 5) is 15.8. The number of nitrogens with one attached hydrogen (secondary N) is 1. The Labute approximate surface area is 146 Å². The van der Waals surface area contributed by atoms with Crippen LogP contribution in [0.1, 0.15) is 23.1 Å². The second-order valence-electron chi connectivity index (χ2n) is 6.13. The quantitative estimate of drug-likeness (QED) is 0.791. The van der Waals surface area contributed by atoms with Crippen molar-refractivity contribution in [1.82, 2.24) is 25.1 Å². The Kier molecular flexibility index (Phi) is 4.15. The molecule has 0 spiro atoms. The minimum Gasteiger partial charge on any atom is -0.368 e. The maximum absolute atomic E-state index is 5.89. The summed E-state index contributed by atoms with van der Waals surface area (Å²) < 4.78 is 5.89. The molecule has 7 nitrogen and oxygen atoms in total. The Balaban J connectivity index is 1.68. The molecule has 0 aromatic carbocycles. The zero-order chi connectivity index (χ0) is 17.2. The molecular weight excluding hydrogens is 316 g/mol. The van der Waals surface area contributed by atoms with Gasteiger partial charge in [-0.15, -0.1) is 0 Å². The summed E-state index contributed by atoms with van der Waals surface area (Å²) in [7, 11) is 0. The Morgan fingerprint density at radius 2 is 1.96 bits per heavy atom. The molecule has 1 fully saturated rings. The molecule has 0 bridgehead atoms. The molecule has 1 atom stereocenters. The van der Waals surface area contributed by atoms with Crippen molar-refractivity contribution in [1.29, 1.82) is 0 Å². The Morgan fingerprint density at radius 3 is 2.72 bits per heavy atom. The molecular formula is C18H20N6O. The van der Waals surface area contributed by atoms with Gasteiger partial charge in [-0.25, -0.2) is 9.97 Å². The molecule has 3 aromatic heterocycles. The van der Waals surface area contributed by atoms with E-state index in [0.717, 1.165) is 47.2 Å². The number of anilines is 1. The fourth-order valence-electron chi connectivity index (χ4n) is 3.03. The molecule has 128 valence electrons. The second-order valence-corrected chi connectivity index (χ2v) is 6.13. The van der Waals surface area contributed by atoms with Gasteiger partial charge < -0.3 is 9.64 Å². The lowest BCUT2D eigenvalue weighted by Gasteiger charge is -2.34. The highest BCUT2D eigenvalue weighted by atomic mass is 16.5. The summed E-state index contributed by atoms with van der Waals surface area (Å²) in [6.45, 7) is 6.28. The largest absolute Gasteiger partial charge is 0.368 e. The molecule has 1 aliphatic rings. The molecule has 1 aliphatic heterocycles. The lowest BCUT2D eigenvalue weighted by molar-refractivity contribution is 0.0367. The van der Waals surface area contributed by atoms with Gasteiger partial charge in [0.05, 0.1) is 18.8 Å². The Hall–Kier alpha value is -2.80. The standard InChI is InChI=1S/C18H20N6O/c1-12-13(2)21-17(14-3-6-19-7-4-14)22-18(12)24-9-10-25-16(11-24)15-5-8-20-23-15/h3-8,16H,9-11H2,1-2H3,(H,20,23). The minimum atomic E-state index is -0.0321. The number of rotatable bonds is 3. The van der Waals surface area contributed by atoms with Crippen LogP contribution < -0.4 is 4.90 Å². The van der Waals surface area contributed by atoms with Crippen LogP contribution in [0.3, 0.4) is 0 Å². The number of H-pyrrole nitrogens is 1. The van der Waals surface area contributed by atoms with Gasteiger partial charge in [0.2, 0.25) is 0 Å². The zero-order valence-electron chi connectivity index (χ0n) is 14.3. The molecule has 7 heteroatoms. The van der Waals surface area contributed by atoms with E-state index < -0.39 is 0 Å². The topological polar surface area (TPSA) is 79.8 Å². The number of ether oxygens (including phenoxy) is 1. The van der Waals surface area contributed by atoms with Crippen molar-refractivity contribution < 1.29 is 4.74 Å². The number of hydrogen-bond acceptors (Lipinski definition) is 6. The van der Waals surface area contributed by atoms with Crippen LogP contribution >= 0.6 is 0 Å². The van der Waals surface area contributed by atoms with Crippen LogP contribution in [0.4, 0.5) is 5.82 Å². The van der Waals surface area contributed by atoms with Crippen molar-refractivity contribution in [3.8, 4) is 11.4 Å². The fourth-order valence-corrected chi connectivity index (χ4v) is 3.03. The first-order valence-corrected chi connectivity index (χ1v) is 8.34. The van der Waals surface area contributed by atoms with Crippen LogP contribution in [0, 0.1) is 13.8 Å². The van der Waals surface area contributed by atoms with Crippen LogP contribution in [0.25, 0.3) is 11.4 Å². The summed E-state index contributed by atoms with van der Waals surface area (Å²) in [5.74, 6) is 1.69. The number of nitrogens with zero attached hydrogens (tertiary/aromatic N) is 5. The Bertz CT molecular complexity index is 850. The van der Waals surface area contributed by atoms with Gasteiger partial charge in [0.1, 0.15) is 11.9 Å². The van der Waals surface area contributed by atoms with E-state index in [2.05, 4.69) is 32.0 Å². The first-order chi connectivity index (χ1) is 12.2. The number of aromatic amines is 1. The van der Waals surface area contributed by atoms with Crippen LogP contribution in [0.2, 0.25) is 0 Å². The van der Waals surface area contributed by atoms with Crippen molar-refractivity contribution in [3.05, 3.63) is 53.7 Å². The van der Waals surface area contributed by atoms with Crippen molar-refractivity contribution in [2.24, 2.45) is 0 Å². The third-order valence-electron chi connectivity index (χ3n) is 4.54. The first-order valence-electron chi connectivity index (χ1n) is 8.34. The average Bonchev–Trinajstić information content (AvgIpc) is 3.19. The van der Waals surface area contributed by atoms with Gasteiger partial charge in [-0.3, -0.25) is 10.1 Å². The maximum atomic E-state index is 5.89. The highest BCUT2D eigenvalue weighted by molar-refractivity contribution is 5.60. The smallest absolute Gasteiger partial charge is 0.161 e. The van der Waals surface area contributed by atoms with E-state index in [4.69, 9.17) is 9.72 Å². The molecule has 0 saturated carbocycles. The predicted octanol–water partition coefficient (Wildman–Crippen LogP) is 2.46. The van der Waals surface area contributed by atoms with Crippen LogP contribution in [0.5, 0.6) is 0 Å². The number of pyridine rings is 1. The van der Waals surface area contributed by atoms with E-state index in [9.17, 15) is 0 Å². The van der Waals surface area contributed by atoms with Crippen molar-refractivity contribution >= 4 is 5.82 Å². The maximum Gasteiger partial charge on any atom is 0.161 e. The van der Waals surface area contributed by atoms with E-state index in [-0.39, 0.29) is 6.10 Å². The van der Waals surface area contributed by atoms with Gasteiger partial charge in [-0.2, -0.15) is 5.10 Å². The Morgan fingerprint density at radius 1 is 1.12 bits per heavy atom. The number of morpholine rings is 1. The van der Waals surface area contributed by atoms with Gasteiger partial charge in [0.25, 0.3) is 0 Å². The molecule has 4 rings (SSSR count). The lowest BCUT2D eigenvalue weighted by Crippen LogP contribution is -2.39. The van der Waals surface area contributed by atoms with E-state index in [1.165, 1.54) is 0 Å². The summed E-state index contributed by atoms with van der Waals surface area (Å²) in [6, 6.07) is 5.82. The molecule has 0 aliphatic carbocycles. The van der Waals surface area contributed by atoms with Crippen LogP contribution in [-0.4, -0.2) is 44.8 Å². The van der Waals surface area contributed by atoms with Crippen molar-refractivity contribution in [2.45, 2.75) is 20.0 Å². The van der Waals surface area contributed by atoms with Crippen LogP contribution in [-0.2, 0) is 4.74 Å². The third-order valence-corrected chi connectivity index (χ3v) is 4.54. The van der Waals surface area contributed by atoms with Gasteiger partial charge in [0.15, 0.2) is 5.82 Å². The van der Waals surface area contributed by atoms with E-state index in [0.29, 0.717) is 6.61 Å². The third kappa shape index (κ3) is 3.10. The van der Waals surface area contributed by atoms with Crippen molar-refractivity contribution in [2.75, 3.05) is 24.6 Å². The highest BCUT2D eigenvalue weighted by Gasteiger charge is 2.26. The molecule has 25 heavy (non-hydrogen) atoms. The summed E-state index contributed by atoms with van der Waals surface area (Å²) in [5.41, 5.74) is 4.05. The first kappa shape index (κ1) is 15.7. The minimum absolute atomic E-state index is 0.0321. The summed E-state index contributed by atoms with van der Waals surface area (Å²) in [5, 5.41) is 7.03. The molecule has 3 aromatic rings. The molecule has 0 radical (unpaired) electrons. The van der Waals surface area contributed by atoms with Crippen molar-refractivity contribution in [3.63, 3.8) is 0 Å². The fraction of sp³-hybridized carbons (Fsp3) is 0.333. The number of aryl methyl sites for hydroxylation is 1. The van der Waals surface area contributed by atoms with Gasteiger partial charge in [-0.1, -0.05) is 0 Å². The lowest BCUT2D eigenvalue weighted by atomic mass is 10.1. The van der Waals surface area contributed by atoms with E-state index in [1.54, 1.807) is 18.6 Å². The molecule has 1 N–H and O–H groups in total. The average molecular weight is 336 g/mol. The molecule has 1 unspecified atom stereocenters. The monoisotopic (exact) mass is 336 g/mol. The van der Waals surface area contributed by atoms with Gasteiger partial charge >= 0.3 is 0 Å². The molecule has 0 amide bonds. The van der Waals surface area contributed by atoms with Gasteiger partial charge in [0, 0.05) is 42.0 Å². The zero-order valence-corrected chi connectivity index (χ0v) is 14.3. The summed E-state index contributed by atoms with van der Waals surface area (Å²) in [6.07, 6.45) is 5.24. The predicted molar refractivity (Wildman–Crippen MR) is 94.2 cm³/mol. The SMILES string of the molecule is Cc1nc(-c2ccncc2)nc(N2CCOC(c3ccn[nH]3)C2)c1C. The van der Waals surface area contributed by atoms with Gasteiger partial charge in [-0.05, 0) is 32.0 Å². The second kappa shape index (κ2) is 6.60. The van der Waals surface area contributed by atoms with E-state index >= 15 is 0 Å². The molecule has 4 heterocycles. The number of aromatic nitrogens is 5. The summed E-state index contributed by atoms with van der Waals surface area (Å²) >= 11 is 0.